The van der Waals surface area contributed by atoms with Crippen LogP contribution in [0.3, 0.4) is 0 Å². The lowest BCUT2D eigenvalue weighted by Gasteiger charge is -2.21. The second-order valence-electron chi connectivity index (χ2n) is 5.73. The Balaban J connectivity index is 2.28. The number of hydrogen-bond acceptors (Lipinski definition) is 3. The van der Waals surface area contributed by atoms with Gasteiger partial charge in [-0.1, -0.05) is 0 Å². The van der Waals surface area contributed by atoms with E-state index in [1.54, 1.807) is 24.8 Å². The molecule has 0 aliphatic carbocycles. The van der Waals surface area contributed by atoms with E-state index in [0.717, 1.165) is 6.07 Å². The summed E-state index contributed by atoms with van der Waals surface area (Å²) < 4.78 is 33.1. The minimum atomic E-state index is -0.653. The van der Waals surface area contributed by atoms with Gasteiger partial charge in [0.1, 0.15) is 23.6 Å². The number of pyridine rings is 1. The number of nitrogens with one attached hydrogen (secondary N) is 1. The zero-order valence-electron chi connectivity index (χ0n) is 14.5. The van der Waals surface area contributed by atoms with Crippen molar-refractivity contribution in [2.24, 2.45) is 0 Å². The van der Waals surface area contributed by atoms with E-state index in [1.165, 1.54) is 12.1 Å². The molecule has 0 saturated carbocycles. The van der Waals surface area contributed by atoms with E-state index in [1.807, 2.05) is 14.0 Å². The Kier molecular flexibility index (Phi) is 6.11. The lowest BCUT2D eigenvalue weighted by atomic mass is 10.1. The second-order valence-corrected chi connectivity index (χ2v) is 6.59. The largest absolute Gasteiger partial charge is 0.469 e. The maximum Gasteiger partial charge on any atom is 0.228 e. The molecule has 0 amide bonds. The van der Waals surface area contributed by atoms with Crippen LogP contribution in [-0.4, -0.2) is 29.3 Å². The highest BCUT2D eigenvalue weighted by Gasteiger charge is 2.17. The zero-order chi connectivity index (χ0) is 18.7. The topological polar surface area (TPSA) is 49.2 Å². The number of nitrogens with zero attached hydrogens (tertiary/aromatic N) is 2. The van der Waals surface area contributed by atoms with E-state index >= 15 is 0 Å². The highest BCUT2D eigenvalue weighted by molar-refractivity contribution is 9.10. The monoisotopic (exact) mass is 411 g/mol. The molecular formula is C18H20BrF2N3O. The van der Waals surface area contributed by atoms with Gasteiger partial charge < -0.3 is 9.64 Å². The summed E-state index contributed by atoms with van der Waals surface area (Å²) in [6.07, 6.45) is -0.586. The van der Waals surface area contributed by atoms with Crippen LogP contribution in [0.4, 0.5) is 8.78 Å². The molecular weight excluding hydrogens is 392 g/mol. The predicted molar refractivity (Wildman–Crippen MR) is 97.2 cm³/mol. The number of amidine groups is 1. The average Bonchev–Trinajstić information content (AvgIpc) is 2.55. The van der Waals surface area contributed by atoms with Crippen LogP contribution in [0.1, 0.15) is 36.8 Å². The van der Waals surface area contributed by atoms with Gasteiger partial charge in [0.05, 0.1) is 10.2 Å². The van der Waals surface area contributed by atoms with Crippen LogP contribution < -0.4 is 4.74 Å². The zero-order valence-corrected chi connectivity index (χ0v) is 16.1. The first kappa shape index (κ1) is 19.3. The highest BCUT2D eigenvalue weighted by Crippen LogP contribution is 2.30. The van der Waals surface area contributed by atoms with Gasteiger partial charge in [-0.25, -0.2) is 13.8 Å². The SMILES string of the molecule is CCN(C)C(=N)c1cc(Br)c(OC(C)c2cc(F)cc(F)c2)nc1C. The number of halogens is 3. The van der Waals surface area contributed by atoms with Gasteiger partial charge in [-0.3, -0.25) is 5.41 Å². The molecule has 1 heterocycles. The third kappa shape index (κ3) is 4.54. The molecule has 0 aliphatic rings. The maximum atomic E-state index is 13.4. The van der Waals surface area contributed by atoms with Crippen LogP contribution in [0, 0.1) is 24.0 Å². The molecule has 0 bridgehead atoms. The first-order chi connectivity index (χ1) is 11.7. The highest BCUT2D eigenvalue weighted by atomic mass is 79.9. The van der Waals surface area contributed by atoms with Gasteiger partial charge in [0.2, 0.25) is 5.88 Å². The molecule has 1 atom stereocenters. The summed E-state index contributed by atoms with van der Waals surface area (Å²) in [4.78, 5) is 6.20. The van der Waals surface area contributed by atoms with Crippen molar-refractivity contribution in [2.75, 3.05) is 13.6 Å². The Morgan fingerprint density at radius 2 is 1.88 bits per heavy atom. The van der Waals surface area contributed by atoms with Gasteiger partial charge >= 0.3 is 0 Å². The molecule has 2 rings (SSSR count). The number of aromatic nitrogens is 1. The summed E-state index contributed by atoms with van der Waals surface area (Å²) in [6.45, 7) is 6.15. The van der Waals surface area contributed by atoms with Gasteiger partial charge in [-0.05, 0) is 60.5 Å². The van der Waals surface area contributed by atoms with E-state index < -0.39 is 17.7 Å². The molecule has 0 spiro atoms. The maximum absolute atomic E-state index is 13.4. The molecule has 1 unspecified atom stereocenters. The number of hydrogen-bond donors (Lipinski definition) is 1. The number of benzene rings is 1. The molecule has 7 heteroatoms. The van der Waals surface area contributed by atoms with Crippen molar-refractivity contribution in [3.05, 3.63) is 57.2 Å². The van der Waals surface area contributed by atoms with Gasteiger partial charge in [0.15, 0.2) is 0 Å². The quantitative estimate of drug-likeness (QED) is 0.565. The summed E-state index contributed by atoms with van der Waals surface area (Å²) in [6, 6.07) is 5.05. The summed E-state index contributed by atoms with van der Waals surface area (Å²) in [5.41, 5.74) is 1.71. The van der Waals surface area contributed by atoms with Gasteiger partial charge in [-0.2, -0.15) is 0 Å². The van der Waals surface area contributed by atoms with Crippen LogP contribution in [-0.2, 0) is 0 Å². The van der Waals surface area contributed by atoms with Crippen molar-refractivity contribution in [3.63, 3.8) is 0 Å². The minimum Gasteiger partial charge on any atom is -0.469 e. The Hall–Kier alpha value is -2.02. The van der Waals surface area contributed by atoms with Crippen molar-refractivity contribution in [2.45, 2.75) is 26.9 Å². The molecule has 1 aromatic carbocycles. The second kappa shape index (κ2) is 7.91. The van der Waals surface area contributed by atoms with Crippen molar-refractivity contribution in [1.82, 2.24) is 9.88 Å². The van der Waals surface area contributed by atoms with Crippen LogP contribution >= 0.6 is 15.9 Å². The van der Waals surface area contributed by atoms with E-state index in [2.05, 4.69) is 20.9 Å². The number of ether oxygens (including phenoxy) is 1. The van der Waals surface area contributed by atoms with Crippen molar-refractivity contribution >= 4 is 21.8 Å². The third-order valence-electron chi connectivity index (χ3n) is 3.89. The standard InChI is InChI=1S/C18H20BrF2N3O/c1-5-24(4)17(22)15-9-16(19)18(23-10(15)2)25-11(3)12-6-13(20)8-14(21)7-12/h6-9,11,22H,5H2,1-4H3. The van der Waals surface area contributed by atoms with Crippen LogP contribution in [0.2, 0.25) is 0 Å². The average molecular weight is 412 g/mol. The number of aryl methyl sites for hydroxylation is 1. The first-order valence-electron chi connectivity index (χ1n) is 7.82. The lowest BCUT2D eigenvalue weighted by molar-refractivity contribution is 0.214. The molecule has 0 fully saturated rings. The summed E-state index contributed by atoms with van der Waals surface area (Å²) in [7, 11) is 1.83. The van der Waals surface area contributed by atoms with Crippen molar-refractivity contribution in [1.29, 1.82) is 5.41 Å². The molecule has 1 N–H and O–H groups in total. The summed E-state index contributed by atoms with van der Waals surface area (Å²) in [5, 5.41) is 8.21. The first-order valence-corrected chi connectivity index (χ1v) is 8.62. The number of rotatable bonds is 5. The molecule has 1 aromatic heterocycles. The fourth-order valence-corrected chi connectivity index (χ4v) is 2.70. The van der Waals surface area contributed by atoms with Crippen molar-refractivity contribution < 1.29 is 13.5 Å². The molecule has 0 radical (unpaired) electrons. The van der Waals surface area contributed by atoms with Crippen LogP contribution in [0.5, 0.6) is 5.88 Å². The van der Waals surface area contributed by atoms with Gasteiger partial charge in [-0.15, -0.1) is 0 Å². The Morgan fingerprint density at radius 1 is 1.28 bits per heavy atom. The normalized spacial score (nSPS) is 12.0. The van der Waals surface area contributed by atoms with E-state index in [9.17, 15) is 8.78 Å². The predicted octanol–water partition coefficient (Wildman–Crippen LogP) is 4.85. The summed E-state index contributed by atoms with van der Waals surface area (Å²) >= 11 is 3.40. The molecule has 0 saturated heterocycles. The molecule has 2 aromatic rings. The Labute approximate surface area is 154 Å². The van der Waals surface area contributed by atoms with Gasteiger partial charge in [0.25, 0.3) is 0 Å². The van der Waals surface area contributed by atoms with Crippen LogP contribution in [0.25, 0.3) is 0 Å². The van der Waals surface area contributed by atoms with Crippen molar-refractivity contribution in [3.8, 4) is 5.88 Å². The Bertz CT molecular complexity index is 778. The third-order valence-corrected chi connectivity index (χ3v) is 4.46. The fourth-order valence-electron chi connectivity index (χ4n) is 2.29. The summed E-state index contributed by atoms with van der Waals surface area (Å²) in [5.74, 6) is -0.634. The molecule has 4 nitrogen and oxygen atoms in total. The van der Waals surface area contributed by atoms with E-state index in [4.69, 9.17) is 10.1 Å². The van der Waals surface area contributed by atoms with Gasteiger partial charge in [0, 0.05) is 25.2 Å². The minimum absolute atomic E-state index is 0.311. The van der Waals surface area contributed by atoms with Crippen LogP contribution in [0.15, 0.2) is 28.7 Å². The lowest BCUT2D eigenvalue weighted by Crippen LogP contribution is -2.27. The molecule has 134 valence electrons. The fraction of sp³-hybridized carbons (Fsp3) is 0.333. The smallest absolute Gasteiger partial charge is 0.228 e. The molecule has 25 heavy (non-hydrogen) atoms. The van der Waals surface area contributed by atoms with E-state index in [-0.39, 0.29) is 0 Å². The Morgan fingerprint density at radius 3 is 2.44 bits per heavy atom. The molecule has 0 aliphatic heterocycles. The van der Waals surface area contributed by atoms with E-state index in [0.29, 0.717) is 39.6 Å².